The molecule has 0 saturated heterocycles. The normalized spacial score (nSPS) is 14.6. The number of aliphatic hydroxyl groups is 2. The molecule has 1 aromatic carbocycles. The molecule has 0 bridgehead atoms. The third-order valence-electron chi connectivity index (χ3n) is 2.44. The highest BCUT2D eigenvalue weighted by Crippen LogP contribution is 2.31. The standard InChI is InChI=1S/C11H9ClN2O2/c12-7-2-1-3-8-10(7)6(5-14-8)11(16)9(15)4-13/h1-3,5,9,11,14-16H. The fraction of sp³-hybridized carbons (Fsp3) is 0.182. The van der Waals surface area contributed by atoms with Gasteiger partial charge in [0.15, 0.2) is 6.10 Å². The summed E-state index contributed by atoms with van der Waals surface area (Å²) in [4.78, 5) is 2.92. The number of nitrogens with zero attached hydrogens (tertiary/aromatic N) is 1. The van der Waals surface area contributed by atoms with Crippen molar-refractivity contribution in [2.75, 3.05) is 0 Å². The van der Waals surface area contributed by atoms with Crippen molar-refractivity contribution in [2.24, 2.45) is 0 Å². The summed E-state index contributed by atoms with van der Waals surface area (Å²) in [6.07, 6.45) is -1.18. The molecule has 2 unspecified atom stereocenters. The van der Waals surface area contributed by atoms with Gasteiger partial charge in [-0.3, -0.25) is 0 Å². The molecule has 1 aromatic heterocycles. The molecule has 0 aliphatic carbocycles. The van der Waals surface area contributed by atoms with Gasteiger partial charge in [0, 0.05) is 22.7 Å². The van der Waals surface area contributed by atoms with Gasteiger partial charge >= 0.3 is 0 Å². The zero-order valence-corrected chi connectivity index (χ0v) is 8.94. The van der Waals surface area contributed by atoms with E-state index in [1.807, 2.05) is 0 Å². The van der Waals surface area contributed by atoms with Crippen molar-refractivity contribution in [3.05, 3.63) is 35.0 Å². The fourth-order valence-corrected chi connectivity index (χ4v) is 1.92. The van der Waals surface area contributed by atoms with Crippen molar-refractivity contribution in [1.82, 2.24) is 4.98 Å². The maximum absolute atomic E-state index is 9.75. The van der Waals surface area contributed by atoms with Crippen LogP contribution in [0.1, 0.15) is 11.7 Å². The lowest BCUT2D eigenvalue weighted by molar-refractivity contribution is 0.0538. The second-order valence-electron chi connectivity index (χ2n) is 3.43. The molecule has 1 heterocycles. The summed E-state index contributed by atoms with van der Waals surface area (Å²) >= 11 is 6.00. The first-order valence-electron chi connectivity index (χ1n) is 4.66. The van der Waals surface area contributed by atoms with E-state index in [9.17, 15) is 10.2 Å². The molecule has 2 atom stereocenters. The SMILES string of the molecule is N#CC(O)C(O)c1c[nH]c2cccc(Cl)c12. The molecular weight excluding hydrogens is 228 g/mol. The number of nitrogens with one attached hydrogen (secondary N) is 1. The highest BCUT2D eigenvalue weighted by molar-refractivity contribution is 6.35. The van der Waals surface area contributed by atoms with Crippen LogP contribution in [0.4, 0.5) is 0 Å². The summed E-state index contributed by atoms with van der Waals surface area (Å²) in [7, 11) is 0. The monoisotopic (exact) mass is 236 g/mol. The molecule has 0 aliphatic heterocycles. The number of aromatic nitrogens is 1. The average molecular weight is 237 g/mol. The Kier molecular flexibility index (Phi) is 2.84. The number of nitriles is 1. The van der Waals surface area contributed by atoms with Gasteiger partial charge in [-0.2, -0.15) is 5.26 Å². The van der Waals surface area contributed by atoms with E-state index in [1.54, 1.807) is 30.5 Å². The minimum Gasteiger partial charge on any atom is -0.384 e. The molecule has 0 fully saturated rings. The number of aromatic amines is 1. The van der Waals surface area contributed by atoms with Gasteiger partial charge in [-0.1, -0.05) is 17.7 Å². The van der Waals surface area contributed by atoms with Crippen molar-refractivity contribution >= 4 is 22.5 Å². The predicted octanol–water partition coefficient (Wildman–Crippen LogP) is 1.74. The lowest BCUT2D eigenvalue weighted by Crippen LogP contribution is -2.15. The van der Waals surface area contributed by atoms with E-state index in [0.717, 1.165) is 5.52 Å². The van der Waals surface area contributed by atoms with E-state index < -0.39 is 12.2 Å². The Hall–Kier alpha value is -1.54. The Morgan fingerprint density at radius 2 is 2.12 bits per heavy atom. The summed E-state index contributed by atoms with van der Waals surface area (Å²) in [5, 5.41) is 28.7. The van der Waals surface area contributed by atoms with Gasteiger partial charge in [0.1, 0.15) is 6.10 Å². The Balaban J connectivity index is 2.58. The molecule has 3 N–H and O–H groups in total. The molecule has 16 heavy (non-hydrogen) atoms. The number of benzene rings is 1. The Bertz CT molecular complexity index is 559. The van der Waals surface area contributed by atoms with Gasteiger partial charge in [0.05, 0.1) is 11.1 Å². The number of hydrogen-bond donors (Lipinski definition) is 3. The second kappa shape index (κ2) is 4.14. The lowest BCUT2D eigenvalue weighted by atomic mass is 10.0. The van der Waals surface area contributed by atoms with Gasteiger partial charge < -0.3 is 15.2 Å². The van der Waals surface area contributed by atoms with Gasteiger partial charge in [-0.15, -0.1) is 0 Å². The maximum atomic E-state index is 9.75. The molecule has 5 heteroatoms. The minimum atomic E-state index is -1.46. The third kappa shape index (κ3) is 1.65. The van der Waals surface area contributed by atoms with Gasteiger partial charge in [-0.05, 0) is 12.1 Å². The van der Waals surface area contributed by atoms with Crippen molar-refractivity contribution in [2.45, 2.75) is 12.2 Å². The predicted molar refractivity (Wildman–Crippen MR) is 59.9 cm³/mol. The van der Waals surface area contributed by atoms with Crippen LogP contribution in [0.3, 0.4) is 0 Å². The van der Waals surface area contributed by atoms with Crippen molar-refractivity contribution in [1.29, 1.82) is 5.26 Å². The molecule has 0 spiro atoms. The highest BCUT2D eigenvalue weighted by atomic mass is 35.5. The van der Waals surface area contributed by atoms with E-state index in [-0.39, 0.29) is 0 Å². The van der Waals surface area contributed by atoms with Crippen LogP contribution in [0.25, 0.3) is 10.9 Å². The third-order valence-corrected chi connectivity index (χ3v) is 2.75. The van der Waals surface area contributed by atoms with E-state index >= 15 is 0 Å². The summed E-state index contributed by atoms with van der Waals surface area (Å²) in [6, 6.07) is 6.85. The molecule has 4 nitrogen and oxygen atoms in total. The van der Waals surface area contributed by atoms with Crippen LogP contribution in [0.15, 0.2) is 24.4 Å². The van der Waals surface area contributed by atoms with E-state index in [4.69, 9.17) is 16.9 Å². The summed E-state index contributed by atoms with van der Waals surface area (Å²) in [5.74, 6) is 0. The average Bonchev–Trinajstić information content (AvgIpc) is 2.72. The molecule has 2 rings (SSSR count). The topological polar surface area (TPSA) is 80.0 Å². The van der Waals surface area contributed by atoms with Crippen LogP contribution >= 0.6 is 11.6 Å². The lowest BCUT2D eigenvalue weighted by Gasteiger charge is -2.10. The first-order chi connectivity index (χ1) is 7.65. The van der Waals surface area contributed by atoms with Crippen LogP contribution in [-0.2, 0) is 0 Å². The largest absolute Gasteiger partial charge is 0.384 e. The summed E-state index contributed by atoms with van der Waals surface area (Å²) < 4.78 is 0. The Morgan fingerprint density at radius 1 is 1.38 bits per heavy atom. The number of aliphatic hydroxyl groups excluding tert-OH is 2. The van der Waals surface area contributed by atoms with Crippen LogP contribution < -0.4 is 0 Å². The maximum Gasteiger partial charge on any atom is 0.170 e. The summed E-state index contributed by atoms with van der Waals surface area (Å²) in [6.45, 7) is 0. The fourth-order valence-electron chi connectivity index (χ4n) is 1.64. The van der Waals surface area contributed by atoms with Crippen LogP contribution in [-0.4, -0.2) is 21.3 Å². The number of fused-ring (bicyclic) bond motifs is 1. The van der Waals surface area contributed by atoms with Crippen molar-refractivity contribution < 1.29 is 10.2 Å². The Labute approximate surface area is 96.7 Å². The first-order valence-corrected chi connectivity index (χ1v) is 5.04. The number of rotatable bonds is 2. The molecule has 82 valence electrons. The quantitative estimate of drug-likeness (QED) is 0.695. The number of hydrogen-bond acceptors (Lipinski definition) is 3. The minimum absolute atomic E-state index is 0.426. The summed E-state index contributed by atoms with van der Waals surface area (Å²) in [5.41, 5.74) is 1.18. The van der Waals surface area contributed by atoms with Crippen molar-refractivity contribution in [3.63, 3.8) is 0 Å². The zero-order chi connectivity index (χ0) is 11.7. The molecule has 0 saturated carbocycles. The first kappa shape index (κ1) is 11.0. The van der Waals surface area contributed by atoms with E-state index in [0.29, 0.717) is 16.0 Å². The molecular formula is C11H9ClN2O2. The van der Waals surface area contributed by atoms with Crippen LogP contribution in [0.5, 0.6) is 0 Å². The van der Waals surface area contributed by atoms with E-state index in [2.05, 4.69) is 4.98 Å². The van der Waals surface area contributed by atoms with Gasteiger partial charge in [0.25, 0.3) is 0 Å². The van der Waals surface area contributed by atoms with Crippen molar-refractivity contribution in [3.8, 4) is 6.07 Å². The number of H-pyrrole nitrogens is 1. The smallest absolute Gasteiger partial charge is 0.170 e. The van der Waals surface area contributed by atoms with Crippen LogP contribution in [0.2, 0.25) is 5.02 Å². The Morgan fingerprint density at radius 3 is 2.81 bits per heavy atom. The van der Waals surface area contributed by atoms with Gasteiger partial charge in [-0.25, -0.2) is 0 Å². The number of halogens is 1. The van der Waals surface area contributed by atoms with E-state index in [1.165, 1.54) is 0 Å². The molecule has 0 amide bonds. The zero-order valence-electron chi connectivity index (χ0n) is 8.18. The molecule has 0 aliphatic rings. The molecule has 2 aromatic rings. The van der Waals surface area contributed by atoms with Gasteiger partial charge in [0.2, 0.25) is 0 Å². The second-order valence-corrected chi connectivity index (χ2v) is 3.83. The highest BCUT2D eigenvalue weighted by Gasteiger charge is 2.21. The molecule has 0 radical (unpaired) electrons. The van der Waals surface area contributed by atoms with Crippen LogP contribution in [0, 0.1) is 11.3 Å².